The van der Waals surface area contributed by atoms with Gasteiger partial charge >= 0.3 is 0 Å². The van der Waals surface area contributed by atoms with Crippen molar-refractivity contribution in [2.45, 2.75) is 50.3 Å². The Bertz CT molecular complexity index is 956. The summed E-state index contributed by atoms with van der Waals surface area (Å²) in [7, 11) is 0. The van der Waals surface area contributed by atoms with Crippen molar-refractivity contribution in [3.63, 3.8) is 0 Å². The van der Waals surface area contributed by atoms with Crippen molar-refractivity contribution in [3.05, 3.63) is 46.4 Å². The topological polar surface area (TPSA) is 51.1 Å². The second kappa shape index (κ2) is 7.60. The van der Waals surface area contributed by atoms with Crippen LogP contribution in [0.15, 0.2) is 24.3 Å². The van der Waals surface area contributed by atoms with Gasteiger partial charge in [-0.3, -0.25) is 9.88 Å². The summed E-state index contributed by atoms with van der Waals surface area (Å²) in [5.74, 6) is 0.917. The molecule has 0 aliphatic carbocycles. The smallest absolute Gasteiger partial charge is 0.170 e. The lowest BCUT2D eigenvalue weighted by molar-refractivity contribution is 0.180. The van der Waals surface area contributed by atoms with Gasteiger partial charge in [-0.1, -0.05) is 22.6 Å². The van der Waals surface area contributed by atoms with Gasteiger partial charge in [-0.05, 0) is 39.8 Å². The molecular formula is C20H23IN4OS. The quantitative estimate of drug-likeness (QED) is 0.291. The highest BCUT2D eigenvalue weighted by atomic mass is 127. The number of aromatic nitrogens is 3. The van der Waals surface area contributed by atoms with Crippen LogP contribution in [0.25, 0.3) is 10.3 Å². The van der Waals surface area contributed by atoms with Crippen molar-refractivity contribution >= 4 is 44.3 Å². The SMILES string of the molecule is Cc1cc(O[C@@H]2C[C@H](I)N([C@@H](C)c3ccc4sc(C)nc4n3)C2)cc(C)n1. The Kier molecular flexibility index (Phi) is 5.35. The van der Waals surface area contributed by atoms with Crippen molar-refractivity contribution in [1.29, 1.82) is 0 Å². The first-order valence-electron chi connectivity index (χ1n) is 9.15. The van der Waals surface area contributed by atoms with Gasteiger partial charge in [-0.2, -0.15) is 0 Å². The monoisotopic (exact) mass is 494 g/mol. The molecule has 1 fully saturated rings. The van der Waals surface area contributed by atoms with Crippen LogP contribution >= 0.6 is 33.9 Å². The summed E-state index contributed by atoms with van der Waals surface area (Å²) < 4.78 is 7.85. The number of likely N-dealkylation sites (tertiary alicyclic amines) is 1. The molecule has 4 rings (SSSR count). The van der Waals surface area contributed by atoms with E-state index >= 15 is 0 Å². The van der Waals surface area contributed by atoms with Crippen molar-refractivity contribution < 1.29 is 4.74 Å². The molecule has 0 bridgehead atoms. The first-order valence-corrected chi connectivity index (χ1v) is 11.2. The molecule has 0 radical (unpaired) electrons. The van der Waals surface area contributed by atoms with E-state index in [-0.39, 0.29) is 12.1 Å². The number of nitrogens with zero attached hydrogens (tertiary/aromatic N) is 4. The fourth-order valence-electron chi connectivity index (χ4n) is 3.66. The molecule has 0 unspecified atom stereocenters. The van der Waals surface area contributed by atoms with Crippen LogP contribution in [0.5, 0.6) is 5.75 Å². The fourth-order valence-corrected chi connectivity index (χ4v) is 5.71. The van der Waals surface area contributed by atoms with Gasteiger partial charge in [-0.15, -0.1) is 11.3 Å². The highest BCUT2D eigenvalue weighted by Crippen LogP contribution is 2.34. The van der Waals surface area contributed by atoms with Crippen LogP contribution in [-0.2, 0) is 0 Å². The molecule has 3 aromatic rings. The van der Waals surface area contributed by atoms with E-state index < -0.39 is 0 Å². The molecule has 0 spiro atoms. The van der Waals surface area contributed by atoms with E-state index in [0.717, 1.165) is 51.2 Å². The van der Waals surface area contributed by atoms with Gasteiger partial charge in [0.1, 0.15) is 11.9 Å². The fraction of sp³-hybridized carbons (Fsp3) is 0.450. The second-order valence-corrected chi connectivity index (χ2v) is 9.83. The minimum Gasteiger partial charge on any atom is -0.489 e. The molecule has 1 saturated heterocycles. The molecule has 0 N–H and O–H groups in total. The summed E-state index contributed by atoms with van der Waals surface area (Å²) in [4.78, 5) is 16.3. The molecule has 4 heterocycles. The number of hydrogen-bond donors (Lipinski definition) is 0. The molecule has 0 aromatic carbocycles. The average Bonchev–Trinajstić information content (AvgIpc) is 3.13. The number of aryl methyl sites for hydroxylation is 3. The van der Waals surface area contributed by atoms with Crippen molar-refractivity contribution in [3.8, 4) is 5.75 Å². The number of ether oxygens (including phenoxy) is 1. The lowest BCUT2D eigenvalue weighted by Gasteiger charge is -2.26. The number of rotatable bonds is 4. The number of alkyl halides is 1. The summed E-state index contributed by atoms with van der Waals surface area (Å²) in [6.45, 7) is 9.16. The highest BCUT2D eigenvalue weighted by Gasteiger charge is 2.35. The van der Waals surface area contributed by atoms with E-state index in [1.54, 1.807) is 11.3 Å². The highest BCUT2D eigenvalue weighted by molar-refractivity contribution is 14.1. The number of thiazole rings is 1. The van der Waals surface area contributed by atoms with Gasteiger partial charge in [0.2, 0.25) is 0 Å². The zero-order valence-electron chi connectivity index (χ0n) is 15.9. The van der Waals surface area contributed by atoms with E-state index in [9.17, 15) is 0 Å². The van der Waals surface area contributed by atoms with E-state index in [2.05, 4.69) is 56.5 Å². The third kappa shape index (κ3) is 4.09. The molecular weight excluding hydrogens is 471 g/mol. The molecule has 1 aliphatic heterocycles. The largest absolute Gasteiger partial charge is 0.489 e. The van der Waals surface area contributed by atoms with Crippen LogP contribution in [-0.4, -0.2) is 36.5 Å². The maximum Gasteiger partial charge on any atom is 0.170 e. The Labute approximate surface area is 177 Å². The summed E-state index contributed by atoms with van der Waals surface area (Å²) in [5.41, 5.74) is 3.93. The van der Waals surface area contributed by atoms with E-state index in [1.807, 2.05) is 32.9 Å². The van der Waals surface area contributed by atoms with Gasteiger partial charge in [-0.25, -0.2) is 9.97 Å². The minimum atomic E-state index is 0.181. The molecule has 7 heteroatoms. The molecule has 1 aliphatic rings. The summed E-state index contributed by atoms with van der Waals surface area (Å²) in [5, 5.41) is 1.06. The third-order valence-electron chi connectivity index (χ3n) is 4.90. The standard InChI is InChI=1S/C20H23IN4OS/c1-11-7-15(8-12(2)22-11)26-16-9-19(21)25(10-16)13(3)17-5-6-18-20(24-17)23-14(4)27-18/h5-8,13,16,19H,9-10H2,1-4H3/t13-,16+,19+/m0/s1. The predicted molar refractivity (Wildman–Crippen MR) is 118 cm³/mol. The van der Waals surface area contributed by atoms with Gasteiger partial charge in [0.05, 0.1) is 25.5 Å². The van der Waals surface area contributed by atoms with Crippen LogP contribution in [0, 0.1) is 20.8 Å². The van der Waals surface area contributed by atoms with Gasteiger partial charge in [0, 0.05) is 36.5 Å². The first kappa shape index (κ1) is 19.0. The zero-order valence-corrected chi connectivity index (χ0v) is 18.9. The van der Waals surface area contributed by atoms with Crippen molar-refractivity contribution in [2.24, 2.45) is 0 Å². The van der Waals surface area contributed by atoms with Gasteiger partial charge in [0.25, 0.3) is 0 Å². The van der Waals surface area contributed by atoms with E-state index in [0.29, 0.717) is 4.05 Å². The van der Waals surface area contributed by atoms with Crippen LogP contribution in [0.3, 0.4) is 0 Å². The summed E-state index contributed by atoms with van der Waals surface area (Å²) in [6.07, 6.45) is 1.18. The van der Waals surface area contributed by atoms with E-state index in [4.69, 9.17) is 9.72 Å². The normalized spacial score (nSPS) is 21.7. The number of pyridine rings is 2. The molecule has 5 nitrogen and oxygen atoms in total. The molecule has 27 heavy (non-hydrogen) atoms. The zero-order chi connectivity index (χ0) is 19.1. The Morgan fingerprint density at radius 1 is 1.15 bits per heavy atom. The minimum absolute atomic E-state index is 0.181. The number of halogens is 1. The molecule has 0 saturated carbocycles. The Balaban J connectivity index is 1.49. The maximum absolute atomic E-state index is 6.28. The number of fused-ring (bicyclic) bond motifs is 1. The first-order chi connectivity index (χ1) is 12.9. The van der Waals surface area contributed by atoms with Crippen LogP contribution in [0.4, 0.5) is 0 Å². The molecule has 3 aromatic heterocycles. The van der Waals surface area contributed by atoms with Crippen molar-refractivity contribution in [1.82, 2.24) is 19.9 Å². The Hall–Kier alpha value is -1.32. The van der Waals surface area contributed by atoms with E-state index in [1.165, 1.54) is 0 Å². The Morgan fingerprint density at radius 2 is 1.89 bits per heavy atom. The Morgan fingerprint density at radius 3 is 2.63 bits per heavy atom. The molecule has 3 atom stereocenters. The lowest BCUT2D eigenvalue weighted by atomic mass is 10.2. The lowest BCUT2D eigenvalue weighted by Crippen LogP contribution is -2.30. The van der Waals surface area contributed by atoms with Gasteiger partial charge in [0.15, 0.2) is 5.65 Å². The summed E-state index contributed by atoms with van der Waals surface area (Å²) in [6, 6.07) is 8.54. The van der Waals surface area contributed by atoms with Gasteiger partial charge < -0.3 is 4.74 Å². The number of hydrogen-bond acceptors (Lipinski definition) is 6. The summed E-state index contributed by atoms with van der Waals surface area (Å²) >= 11 is 4.22. The van der Waals surface area contributed by atoms with Crippen molar-refractivity contribution in [2.75, 3.05) is 6.54 Å². The predicted octanol–water partition coefficient (Wildman–Crippen LogP) is 4.99. The molecule has 0 amide bonds. The maximum atomic E-state index is 6.28. The average molecular weight is 494 g/mol. The van der Waals surface area contributed by atoms with Crippen LogP contribution < -0.4 is 4.74 Å². The third-order valence-corrected chi connectivity index (χ3v) is 7.05. The molecule has 142 valence electrons. The second-order valence-electron chi connectivity index (χ2n) is 7.16. The van der Waals surface area contributed by atoms with Crippen LogP contribution in [0.2, 0.25) is 0 Å². The van der Waals surface area contributed by atoms with Crippen LogP contribution in [0.1, 0.15) is 41.5 Å².